The van der Waals surface area contributed by atoms with Crippen molar-refractivity contribution >= 4 is 0 Å². The third-order valence-corrected chi connectivity index (χ3v) is 0.594. The van der Waals surface area contributed by atoms with E-state index < -0.39 is 32.3 Å². The molecule has 0 aromatic heterocycles. The Morgan fingerprint density at radius 1 is 0.833 bits per heavy atom. The van der Waals surface area contributed by atoms with Crippen LogP contribution in [0, 0.1) is 0 Å². The lowest BCUT2D eigenvalue weighted by molar-refractivity contribution is -0.167. The van der Waals surface area contributed by atoms with Gasteiger partial charge >= 0.3 is 12.4 Å². The molecule has 0 aromatic rings. The number of alkyl halides is 8. The predicted octanol–water partition coefficient (Wildman–Crippen LogP) is 5.13. The normalized spacial score (nSPS) is 10.0. The monoisotopic (exact) mass is 306 g/mol. The molecule has 0 rings (SSSR count). The van der Waals surface area contributed by atoms with Gasteiger partial charge in [0.2, 0.25) is 6.86 Å². The minimum Gasteiger partial charge on any atom is -0.241 e. The number of halogens is 11. The zero-order valence-electron chi connectivity index (χ0n) is 8.69. The summed E-state index contributed by atoms with van der Waals surface area (Å²) in [7, 11) is 0. The lowest BCUT2D eigenvalue weighted by atomic mass is 10.5. The van der Waals surface area contributed by atoms with E-state index in [1.165, 1.54) is 0 Å². The molecular weight excluding hydrogens is 297 g/mol. The van der Waals surface area contributed by atoms with Crippen LogP contribution in [0.5, 0.6) is 0 Å². The van der Waals surface area contributed by atoms with Crippen LogP contribution in [0.2, 0.25) is 0 Å². The highest BCUT2D eigenvalue weighted by Gasteiger charge is 2.26. The molecule has 0 aromatic carbocycles. The second-order valence-corrected chi connectivity index (χ2v) is 1.94. The van der Waals surface area contributed by atoms with Crippen LogP contribution in [-0.4, -0.2) is 25.9 Å². The van der Waals surface area contributed by atoms with Gasteiger partial charge in [-0.2, -0.15) is 31.3 Å². The van der Waals surface area contributed by atoms with Gasteiger partial charge in [0, 0.05) is 15.6 Å². The standard InChI is InChI=1S/C3H5F3.C2H2F4.CH2F2O.F2/c1-2-3(4,5)6;3-1-2(4,5)6;2-1-4-3;1-2/h2H2,1H3;1H2;1H2;. The van der Waals surface area contributed by atoms with Crippen molar-refractivity contribution in [3.63, 3.8) is 0 Å². The third-order valence-electron chi connectivity index (χ3n) is 0.594. The van der Waals surface area contributed by atoms with Gasteiger partial charge in [-0.25, -0.2) is 8.78 Å². The molecule has 0 aliphatic carbocycles. The number of hydrogen-bond acceptors (Lipinski definition) is 1. The van der Waals surface area contributed by atoms with Crippen molar-refractivity contribution in [2.75, 3.05) is 13.5 Å². The van der Waals surface area contributed by atoms with Crippen LogP contribution < -0.4 is 0 Å². The molecule has 116 valence electrons. The van der Waals surface area contributed by atoms with Crippen LogP contribution in [0.15, 0.2) is 0 Å². The molecule has 12 heteroatoms. The molecule has 0 saturated carbocycles. The van der Waals surface area contributed by atoms with Crippen LogP contribution >= 0.6 is 0 Å². The fourth-order valence-electron chi connectivity index (χ4n) is 0. The molecule has 18 heavy (non-hydrogen) atoms. The van der Waals surface area contributed by atoms with Crippen molar-refractivity contribution in [3.8, 4) is 0 Å². The lowest BCUT2D eigenvalue weighted by Crippen LogP contribution is -2.08. The fraction of sp³-hybridized carbons (Fsp3) is 1.00. The first-order valence-corrected chi connectivity index (χ1v) is 3.67. The molecule has 0 radical (unpaired) electrons. The van der Waals surface area contributed by atoms with E-state index in [-0.39, 0.29) is 0 Å². The molecular formula is C6H9F11O. The van der Waals surface area contributed by atoms with Crippen molar-refractivity contribution in [2.45, 2.75) is 25.7 Å². The van der Waals surface area contributed by atoms with E-state index in [1.807, 2.05) is 0 Å². The Hall–Kier alpha value is -0.810. The molecule has 0 bridgehead atoms. The maximum Gasteiger partial charge on any atom is 0.416 e. The topological polar surface area (TPSA) is 9.23 Å². The van der Waals surface area contributed by atoms with Crippen LogP contribution in [0.1, 0.15) is 13.3 Å². The van der Waals surface area contributed by atoms with Crippen LogP contribution in [0.4, 0.5) is 48.8 Å². The second-order valence-electron chi connectivity index (χ2n) is 1.94. The highest BCUT2D eigenvalue weighted by atomic mass is 20.0. The molecule has 0 atom stereocenters. The summed E-state index contributed by atoms with van der Waals surface area (Å²) in [5.41, 5.74) is 0. The lowest BCUT2D eigenvalue weighted by Gasteiger charge is -1.96. The van der Waals surface area contributed by atoms with Gasteiger partial charge in [0.05, 0.1) is 0 Å². The van der Waals surface area contributed by atoms with E-state index in [9.17, 15) is 39.6 Å². The van der Waals surface area contributed by atoms with Gasteiger partial charge < -0.3 is 0 Å². The summed E-state index contributed by atoms with van der Waals surface area (Å²) >= 11 is 0. The van der Waals surface area contributed by atoms with E-state index in [2.05, 4.69) is 4.94 Å². The first-order valence-electron chi connectivity index (χ1n) is 3.67. The Kier molecular flexibility index (Phi) is 23.3. The average Bonchev–Trinajstić information content (AvgIpc) is 2.31. The van der Waals surface area contributed by atoms with Crippen LogP contribution in [-0.2, 0) is 4.94 Å². The van der Waals surface area contributed by atoms with Crippen molar-refractivity contribution in [3.05, 3.63) is 0 Å². The maximum atomic E-state index is 10.8. The smallest absolute Gasteiger partial charge is 0.241 e. The third kappa shape index (κ3) is 79.8. The fourth-order valence-corrected chi connectivity index (χ4v) is 0. The molecule has 0 amide bonds. The molecule has 0 saturated heterocycles. The summed E-state index contributed by atoms with van der Waals surface area (Å²) in [6.45, 7) is -2.49. The summed E-state index contributed by atoms with van der Waals surface area (Å²) in [4.78, 5) is 2.38. The summed E-state index contributed by atoms with van der Waals surface area (Å²) in [5, 5.41) is 0. The van der Waals surface area contributed by atoms with E-state index in [0.717, 1.165) is 6.92 Å². The Balaban J connectivity index is -0.0000000777. The zero-order valence-corrected chi connectivity index (χ0v) is 8.69. The van der Waals surface area contributed by atoms with Crippen molar-refractivity contribution in [1.82, 2.24) is 0 Å². The van der Waals surface area contributed by atoms with E-state index in [4.69, 9.17) is 9.15 Å². The van der Waals surface area contributed by atoms with Crippen molar-refractivity contribution < 1.29 is 53.7 Å². The molecule has 0 spiro atoms. The first-order chi connectivity index (χ1) is 8.04. The van der Waals surface area contributed by atoms with Gasteiger partial charge in [-0.05, 0) is 4.53 Å². The van der Waals surface area contributed by atoms with E-state index in [1.54, 1.807) is 0 Å². The minimum absolute atomic E-state index is 0.729. The Labute approximate surface area is 94.3 Å². The van der Waals surface area contributed by atoms with Gasteiger partial charge in [0.1, 0.15) is 0 Å². The molecule has 0 unspecified atom stereocenters. The van der Waals surface area contributed by atoms with Crippen LogP contribution in [0.3, 0.4) is 0 Å². The molecule has 0 fully saturated rings. The van der Waals surface area contributed by atoms with Gasteiger partial charge in [0.15, 0.2) is 6.67 Å². The SMILES string of the molecule is CCC(F)(F)F.FCC(F)(F)F.FCOF.FF. The summed E-state index contributed by atoms with van der Waals surface area (Å²) in [6, 6.07) is 0. The Bertz CT molecular complexity index is 114. The van der Waals surface area contributed by atoms with Crippen molar-refractivity contribution in [2.24, 2.45) is 0 Å². The molecule has 0 aliphatic heterocycles. The van der Waals surface area contributed by atoms with E-state index in [0.29, 0.717) is 0 Å². The summed E-state index contributed by atoms with van der Waals surface area (Å²) in [6.07, 6.45) is -9.31. The molecule has 0 heterocycles. The van der Waals surface area contributed by atoms with E-state index >= 15 is 0 Å². The first kappa shape index (κ1) is 25.9. The molecule has 0 N–H and O–H groups in total. The van der Waals surface area contributed by atoms with Gasteiger partial charge in [-0.1, -0.05) is 6.92 Å². The van der Waals surface area contributed by atoms with Gasteiger partial charge in [0.25, 0.3) is 0 Å². The van der Waals surface area contributed by atoms with Crippen molar-refractivity contribution in [1.29, 1.82) is 0 Å². The van der Waals surface area contributed by atoms with Gasteiger partial charge in [-0.15, -0.1) is 0 Å². The Morgan fingerprint density at radius 3 is 1.00 bits per heavy atom. The highest BCUT2D eigenvalue weighted by Crippen LogP contribution is 2.17. The Morgan fingerprint density at radius 2 is 1.00 bits per heavy atom. The quantitative estimate of drug-likeness (QED) is 0.610. The molecule has 0 aliphatic rings. The largest absolute Gasteiger partial charge is 0.416 e. The summed E-state index contributed by atoms with van der Waals surface area (Å²) in [5.74, 6) is 0. The summed E-state index contributed by atoms with van der Waals surface area (Å²) < 4.78 is 110. The average molecular weight is 306 g/mol. The minimum atomic E-state index is -4.62. The van der Waals surface area contributed by atoms with Gasteiger partial charge in [-0.3, -0.25) is 0 Å². The highest BCUT2D eigenvalue weighted by molar-refractivity contribution is 4.40. The zero-order chi connectivity index (χ0) is 15.8. The second kappa shape index (κ2) is 16.2. The maximum absolute atomic E-state index is 10.8. The number of hydrogen-bond donors (Lipinski definition) is 0. The molecule has 1 nitrogen and oxygen atoms in total. The van der Waals surface area contributed by atoms with Crippen LogP contribution in [0.25, 0.3) is 0 Å². The number of rotatable bonds is 1. The predicted molar refractivity (Wildman–Crippen MR) is 38.8 cm³/mol.